The monoisotopic (exact) mass is 274 g/mol. The third-order valence-corrected chi connectivity index (χ3v) is 4.51. The Kier molecular flexibility index (Phi) is 4.81. The van der Waals surface area contributed by atoms with Gasteiger partial charge in [-0.3, -0.25) is 4.79 Å². The van der Waals surface area contributed by atoms with Gasteiger partial charge >= 0.3 is 0 Å². The van der Waals surface area contributed by atoms with E-state index in [-0.39, 0.29) is 11.4 Å². The summed E-state index contributed by atoms with van der Waals surface area (Å²) in [7, 11) is 1.98. The number of aryl methyl sites for hydroxylation is 2. The zero-order valence-electron chi connectivity index (χ0n) is 12.9. The van der Waals surface area contributed by atoms with Gasteiger partial charge in [0.2, 0.25) is 5.91 Å². The van der Waals surface area contributed by atoms with Crippen LogP contribution >= 0.6 is 0 Å². The van der Waals surface area contributed by atoms with Crippen LogP contribution in [0.3, 0.4) is 0 Å². The van der Waals surface area contributed by atoms with Crippen molar-refractivity contribution < 1.29 is 4.79 Å². The van der Waals surface area contributed by atoms with Crippen molar-refractivity contribution in [3.05, 3.63) is 29.3 Å². The lowest BCUT2D eigenvalue weighted by molar-refractivity contribution is -0.117. The van der Waals surface area contributed by atoms with Crippen LogP contribution in [-0.2, 0) is 4.79 Å². The zero-order valence-corrected chi connectivity index (χ0v) is 12.9. The van der Waals surface area contributed by atoms with E-state index in [0.29, 0.717) is 6.42 Å². The SMILES string of the molecule is CNC1(CC(=O)Nc2cc(C)ccc2C)CCCCC1. The summed E-state index contributed by atoms with van der Waals surface area (Å²) in [5.41, 5.74) is 3.23. The fourth-order valence-corrected chi connectivity index (χ4v) is 3.12. The first kappa shape index (κ1) is 15.0. The van der Waals surface area contributed by atoms with Crippen molar-refractivity contribution in [2.45, 2.75) is 57.9 Å². The van der Waals surface area contributed by atoms with E-state index >= 15 is 0 Å². The highest BCUT2D eigenvalue weighted by atomic mass is 16.1. The van der Waals surface area contributed by atoms with Crippen molar-refractivity contribution in [3.8, 4) is 0 Å². The third kappa shape index (κ3) is 3.60. The van der Waals surface area contributed by atoms with Crippen LogP contribution in [0.4, 0.5) is 5.69 Å². The van der Waals surface area contributed by atoms with Gasteiger partial charge in [0.25, 0.3) is 0 Å². The van der Waals surface area contributed by atoms with Crippen LogP contribution in [0.1, 0.15) is 49.7 Å². The molecule has 0 saturated heterocycles. The summed E-state index contributed by atoms with van der Waals surface area (Å²) >= 11 is 0. The number of anilines is 1. The molecule has 3 heteroatoms. The van der Waals surface area contributed by atoms with Gasteiger partial charge in [-0.05, 0) is 50.9 Å². The molecule has 0 atom stereocenters. The fraction of sp³-hybridized carbons (Fsp3) is 0.588. The molecule has 110 valence electrons. The van der Waals surface area contributed by atoms with Gasteiger partial charge < -0.3 is 10.6 Å². The molecule has 2 N–H and O–H groups in total. The van der Waals surface area contributed by atoms with Crippen LogP contribution in [0.25, 0.3) is 0 Å². The number of rotatable bonds is 4. The first-order chi connectivity index (χ1) is 9.54. The molecule has 1 aliphatic carbocycles. The molecule has 0 unspecified atom stereocenters. The predicted octanol–water partition coefficient (Wildman–Crippen LogP) is 3.55. The standard InChI is InChI=1S/C17H26N2O/c1-13-7-8-14(2)15(11-13)19-16(20)12-17(18-3)9-5-4-6-10-17/h7-8,11,18H,4-6,9-10,12H2,1-3H3,(H,19,20). The highest BCUT2D eigenvalue weighted by Gasteiger charge is 2.32. The minimum Gasteiger partial charge on any atom is -0.326 e. The third-order valence-electron chi connectivity index (χ3n) is 4.51. The number of hydrogen-bond acceptors (Lipinski definition) is 2. The molecule has 1 aliphatic rings. The Hall–Kier alpha value is -1.35. The maximum atomic E-state index is 12.4. The van der Waals surface area contributed by atoms with Gasteiger partial charge in [-0.1, -0.05) is 31.4 Å². The molecule has 0 heterocycles. The van der Waals surface area contributed by atoms with Crippen molar-refractivity contribution in [2.24, 2.45) is 0 Å². The molecule has 1 aromatic carbocycles. The number of carbonyl (C=O) groups is 1. The summed E-state index contributed by atoms with van der Waals surface area (Å²) in [6.45, 7) is 4.08. The maximum absolute atomic E-state index is 12.4. The molecule has 0 aromatic heterocycles. The van der Waals surface area contributed by atoms with E-state index < -0.39 is 0 Å². The summed E-state index contributed by atoms with van der Waals surface area (Å²) in [5, 5.41) is 6.48. The lowest BCUT2D eigenvalue weighted by Crippen LogP contribution is -2.47. The number of amides is 1. The highest BCUT2D eigenvalue weighted by molar-refractivity contribution is 5.92. The van der Waals surface area contributed by atoms with E-state index in [1.807, 2.05) is 27.0 Å². The molecule has 0 bridgehead atoms. The molecule has 0 aliphatic heterocycles. The smallest absolute Gasteiger partial charge is 0.226 e. The van der Waals surface area contributed by atoms with Gasteiger partial charge in [0.15, 0.2) is 0 Å². The van der Waals surface area contributed by atoms with Crippen molar-refractivity contribution in [1.82, 2.24) is 5.32 Å². The van der Waals surface area contributed by atoms with E-state index in [9.17, 15) is 4.79 Å². The number of carbonyl (C=O) groups excluding carboxylic acids is 1. The second-order valence-electron chi connectivity index (χ2n) is 6.13. The normalized spacial score (nSPS) is 17.8. The van der Waals surface area contributed by atoms with Crippen molar-refractivity contribution in [3.63, 3.8) is 0 Å². The van der Waals surface area contributed by atoms with E-state index in [1.54, 1.807) is 0 Å². The molecule has 1 saturated carbocycles. The van der Waals surface area contributed by atoms with Gasteiger partial charge in [-0.2, -0.15) is 0 Å². The Bertz CT molecular complexity index is 476. The summed E-state index contributed by atoms with van der Waals surface area (Å²) in [5.74, 6) is 0.120. The van der Waals surface area contributed by atoms with Gasteiger partial charge in [0.1, 0.15) is 0 Å². The van der Waals surface area contributed by atoms with Crippen molar-refractivity contribution >= 4 is 11.6 Å². The Morgan fingerprint density at radius 2 is 1.90 bits per heavy atom. The largest absolute Gasteiger partial charge is 0.326 e. The minimum atomic E-state index is 0.0000626. The zero-order chi connectivity index (χ0) is 14.6. The molecule has 0 spiro atoms. The predicted molar refractivity (Wildman–Crippen MR) is 84.0 cm³/mol. The summed E-state index contributed by atoms with van der Waals surface area (Å²) in [4.78, 5) is 12.4. The van der Waals surface area contributed by atoms with Gasteiger partial charge in [0, 0.05) is 17.6 Å². The molecule has 20 heavy (non-hydrogen) atoms. The molecular formula is C17H26N2O. The quantitative estimate of drug-likeness (QED) is 0.881. The second-order valence-corrected chi connectivity index (χ2v) is 6.13. The van der Waals surface area contributed by atoms with E-state index in [4.69, 9.17) is 0 Å². The average Bonchev–Trinajstić information content (AvgIpc) is 2.44. The Morgan fingerprint density at radius 1 is 1.20 bits per heavy atom. The molecule has 3 nitrogen and oxygen atoms in total. The van der Waals surface area contributed by atoms with Crippen LogP contribution in [0.15, 0.2) is 18.2 Å². The topological polar surface area (TPSA) is 41.1 Å². The Balaban J connectivity index is 2.02. The number of hydrogen-bond donors (Lipinski definition) is 2. The maximum Gasteiger partial charge on any atom is 0.226 e. The van der Waals surface area contributed by atoms with Crippen LogP contribution in [0.5, 0.6) is 0 Å². The molecule has 1 aromatic rings. The van der Waals surface area contributed by atoms with Gasteiger partial charge in [-0.15, -0.1) is 0 Å². The molecular weight excluding hydrogens is 248 g/mol. The van der Waals surface area contributed by atoms with Crippen LogP contribution in [0.2, 0.25) is 0 Å². The molecule has 1 amide bonds. The molecule has 0 radical (unpaired) electrons. The van der Waals surface area contributed by atoms with E-state index in [0.717, 1.165) is 24.1 Å². The Labute approximate surface area is 122 Å². The Morgan fingerprint density at radius 3 is 2.55 bits per heavy atom. The van der Waals surface area contributed by atoms with Gasteiger partial charge in [-0.25, -0.2) is 0 Å². The van der Waals surface area contributed by atoms with Crippen LogP contribution in [-0.4, -0.2) is 18.5 Å². The number of benzene rings is 1. The second kappa shape index (κ2) is 6.40. The van der Waals surface area contributed by atoms with E-state index in [1.165, 1.54) is 24.8 Å². The van der Waals surface area contributed by atoms with E-state index in [2.05, 4.69) is 22.8 Å². The average molecular weight is 274 g/mol. The lowest BCUT2D eigenvalue weighted by Gasteiger charge is -2.36. The summed E-state index contributed by atoms with van der Waals surface area (Å²) < 4.78 is 0. The minimum absolute atomic E-state index is 0.0000626. The van der Waals surface area contributed by atoms with Crippen molar-refractivity contribution in [1.29, 1.82) is 0 Å². The van der Waals surface area contributed by atoms with Crippen LogP contribution < -0.4 is 10.6 Å². The van der Waals surface area contributed by atoms with Crippen LogP contribution in [0, 0.1) is 13.8 Å². The van der Waals surface area contributed by atoms with Gasteiger partial charge in [0.05, 0.1) is 0 Å². The summed E-state index contributed by atoms with van der Waals surface area (Å²) in [6, 6.07) is 6.17. The lowest BCUT2D eigenvalue weighted by atomic mass is 9.79. The fourth-order valence-electron chi connectivity index (χ4n) is 3.12. The summed E-state index contributed by atoms with van der Waals surface area (Å²) in [6.07, 6.45) is 6.50. The number of nitrogens with one attached hydrogen (secondary N) is 2. The first-order valence-electron chi connectivity index (χ1n) is 7.61. The highest BCUT2D eigenvalue weighted by Crippen LogP contribution is 2.31. The first-order valence-corrected chi connectivity index (χ1v) is 7.61. The molecule has 2 rings (SSSR count). The van der Waals surface area contributed by atoms with Crippen molar-refractivity contribution in [2.75, 3.05) is 12.4 Å². The molecule has 1 fully saturated rings.